The number of nitrogens with one attached hydrogen (secondary N) is 1. The van der Waals surface area contributed by atoms with Gasteiger partial charge in [0.1, 0.15) is 15.7 Å². The quantitative estimate of drug-likeness (QED) is 0.707. The van der Waals surface area contributed by atoms with Crippen LogP contribution in [0.25, 0.3) is 0 Å². The van der Waals surface area contributed by atoms with Gasteiger partial charge in [-0.15, -0.1) is 0 Å². The maximum Gasteiger partial charge on any atom is 0.238 e. The Labute approximate surface area is 188 Å². The highest BCUT2D eigenvalue weighted by molar-refractivity contribution is 7.85. The van der Waals surface area contributed by atoms with E-state index in [0.29, 0.717) is 33.9 Å². The minimum Gasteiger partial charge on any atom is -0.463 e. The number of aliphatic hydroxyl groups is 1. The number of hydrogen-bond donors (Lipinski definition) is 2. The molecule has 7 nitrogen and oxygen atoms in total. The first kappa shape index (κ1) is 19.8. The summed E-state index contributed by atoms with van der Waals surface area (Å²) in [6.07, 6.45) is 5.15. The Kier molecular flexibility index (Phi) is 4.49. The molecule has 2 saturated carbocycles. The first-order valence-corrected chi connectivity index (χ1v) is 12.5. The van der Waals surface area contributed by atoms with Gasteiger partial charge in [-0.3, -0.25) is 4.21 Å². The molecule has 1 aromatic heterocycles. The van der Waals surface area contributed by atoms with Gasteiger partial charge in [0.25, 0.3) is 0 Å². The first-order chi connectivity index (χ1) is 15.0. The van der Waals surface area contributed by atoms with E-state index in [4.69, 9.17) is 21.3 Å². The molecule has 3 fully saturated rings. The van der Waals surface area contributed by atoms with Gasteiger partial charge in [0, 0.05) is 23.5 Å². The minimum atomic E-state index is -1.28. The van der Waals surface area contributed by atoms with Crippen LogP contribution in [0.2, 0.25) is 5.02 Å². The molecular formula is C22H25ClN4O3S. The fraction of sp³-hybridized carbons (Fsp3) is 0.545. The molecule has 0 unspecified atom stereocenters. The van der Waals surface area contributed by atoms with E-state index in [1.165, 1.54) is 5.56 Å². The second kappa shape index (κ2) is 7.05. The average Bonchev–Trinajstić information content (AvgIpc) is 3.05. The molecule has 1 aromatic carbocycles. The molecule has 0 amide bonds. The molecule has 3 heterocycles. The molecule has 4 aliphatic rings. The molecular weight excluding hydrogens is 436 g/mol. The molecule has 1 saturated heterocycles. The Morgan fingerprint density at radius 2 is 1.97 bits per heavy atom. The maximum absolute atomic E-state index is 12.5. The summed E-state index contributed by atoms with van der Waals surface area (Å²) in [5, 5.41) is 14.0. The Morgan fingerprint density at radius 1 is 1.23 bits per heavy atom. The van der Waals surface area contributed by atoms with E-state index in [1.54, 1.807) is 0 Å². The van der Waals surface area contributed by atoms with Crippen LogP contribution in [-0.4, -0.2) is 50.5 Å². The van der Waals surface area contributed by atoms with Gasteiger partial charge in [-0.05, 0) is 55.7 Å². The lowest BCUT2D eigenvalue weighted by atomic mass is 9.56. The van der Waals surface area contributed by atoms with Crippen LogP contribution in [-0.2, 0) is 10.8 Å². The lowest BCUT2D eigenvalue weighted by Gasteiger charge is -2.59. The number of anilines is 2. The van der Waals surface area contributed by atoms with E-state index in [0.717, 1.165) is 50.2 Å². The second-order valence-corrected chi connectivity index (χ2v) is 11.3. The van der Waals surface area contributed by atoms with Gasteiger partial charge in [-0.25, -0.2) is 0 Å². The van der Waals surface area contributed by atoms with Crippen molar-refractivity contribution in [2.45, 2.75) is 48.5 Å². The Hall–Kier alpha value is -1.90. The first-order valence-electron chi connectivity index (χ1n) is 10.8. The molecule has 2 aliphatic carbocycles. The van der Waals surface area contributed by atoms with Crippen molar-refractivity contribution in [2.75, 3.05) is 35.9 Å². The number of halogens is 1. The lowest BCUT2D eigenvalue weighted by molar-refractivity contribution is 0.0619. The second-order valence-electron chi connectivity index (χ2n) is 9.54. The molecule has 1 spiro atoms. The zero-order chi connectivity index (χ0) is 21.2. The molecule has 2 aromatic rings. The van der Waals surface area contributed by atoms with Crippen LogP contribution in [0.1, 0.15) is 43.6 Å². The topological polar surface area (TPSA) is 87.6 Å². The van der Waals surface area contributed by atoms with Crippen LogP contribution in [0.15, 0.2) is 29.2 Å². The average molecular weight is 461 g/mol. The molecule has 1 atom stereocenters. The fourth-order valence-corrected chi connectivity index (χ4v) is 6.49. The predicted octanol–water partition coefficient (Wildman–Crippen LogP) is 3.30. The maximum atomic E-state index is 12.5. The summed E-state index contributed by atoms with van der Waals surface area (Å²) in [4.78, 5) is 12.0. The Morgan fingerprint density at radius 3 is 2.61 bits per heavy atom. The van der Waals surface area contributed by atoms with Crippen molar-refractivity contribution in [3.05, 3.63) is 34.9 Å². The summed E-state index contributed by atoms with van der Waals surface area (Å²) in [5.41, 5.74) is 1.31. The summed E-state index contributed by atoms with van der Waals surface area (Å²) >= 11 is 6.01. The van der Waals surface area contributed by atoms with Crippen LogP contribution in [0.3, 0.4) is 0 Å². The number of aliphatic hydroxyl groups excluding tert-OH is 1. The summed E-state index contributed by atoms with van der Waals surface area (Å²) in [6, 6.07) is 8.19. The molecule has 2 N–H and O–H groups in total. The van der Waals surface area contributed by atoms with Crippen molar-refractivity contribution in [3.63, 3.8) is 0 Å². The lowest BCUT2D eigenvalue weighted by Crippen LogP contribution is -2.62. The number of rotatable bonds is 5. The number of ether oxygens (including phenoxy) is 1. The highest BCUT2D eigenvalue weighted by Crippen LogP contribution is 2.56. The van der Waals surface area contributed by atoms with Gasteiger partial charge < -0.3 is 20.1 Å². The third-order valence-corrected chi connectivity index (χ3v) is 8.79. The summed E-state index contributed by atoms with van der Waals surface area (Å²) in [5.74, 6) is 2.28. The predicted molar refractivity (Wildman–Crippen MR) is 119 cm³/mol. The molecule has 31 heavy (non-hydrogen) atoms. The largest absolute Gasteiger partial charge is 0.463 e. The summed E-state index contributed by atoms with van der Waals surface area (Å²) in [7, 11) is -1.28. The standard InChI is InChI=1S/C22H25ClN4O3S/c23-16-4-2-14(3-5-16)15-8-21(9-15)10-27(11-21)20-24-18(26-22(12-28)6-1-7-22)17-19(25-20)30-13-31(17)29/h2-5,15,28H,1,6-13H2,(H,24,25,26)/t31-/m0/s1. The van der Waals surface area contributed by atoms with Crippen molar-refractivity contribution in [1.82, 2.24) is 9.97 Å². The van der Waals surface area contributed by atoms with E-state index < -0.39 is 10.8 Å². The monoisotopic (exact) mass is 460 g/mol. The number of aromatic nitrogens is 2. The van der Waals surface area contributed by atoms with Crippen molar-refractivity contribution in [3.8, 4) is 5.88 Å². The third kappa shape index (κ3) is 3.22. The molecule has 2 aliphatic heterocycles. The van der Waals surface area contributed by atoms with Crippen molar-refractivity contribution in [1.29, 1.82) is 0 Å². The van der Waals surface area contributed by atoms with Crippen LogP contribution in [0, 0.1) is 5.41 Å². The summed E-state index contributed by atoms with van der Waals surface area (Å²) in [6.45, 7) is 1.88. The number of nitrogens with zero attached hydrogens (tertiary/aromatic N) is 3. The van der Waals surface area contributed by atoms with E-state index in [-0.39, 0.29) is 18.1 Å². The highest BCUT2D eigenvalue weighted by atomic mass is 35.5. The smallest absolute Gasteiger partial charge is 0.238 e. The molecule has 9 heteroatoms. The fourth-order valence-electron chi connectivity index (χ4n) is 5.41. The van der Waals surface area contributed by atoms with Gasteiger partial charge in [0.15, 0.2) is 11.8 Å². The van der Waals surface area contributed by atoms with Crippen molar-refractivity contribution in [2.24, 2.45) is 5.41 Å². The van der Waals surface area contributed by atoms with Gasteiger partial charge in [0.2, 0.25) is 11.8 Å². The van der Waals surface area contributed by atoms with Crippen LogP contribution < -0.4 is 15.0 Å². The SMILES string of the molecule is O=[S@]1COc2nc(N3CC4(CC(c5ccc(Cl)cc5)C4)C3)nc(NC3(CO)CCC3)c21. The van der Waals surface area contributed by atoms with E-state index in [1.807, 2.05) is 12.1 Å². The Bertz CT molecular complexity index is 1040. The van der Waals surface area contributed by atoms with Crippen molar-refractivity contribution < 1.29 is 14.1 Å². The van der Waals surface area contributed by atoms with Crippen LogP contribution >= 0.6 is 11.6 Å². The van der Waals surface area contributed by atoms with Crippen molar-refractivity contribution >= 4 is 34.2 Å². The van der Waals surface area contributed by atoms with Crippen LogP contribution in [0.4, 0.5) is 11.8 Å². The highest BCUT2D eigenvalue weighted by Gasteiger charge is 2.53. The number of hydrogen-bond acceptors (Lipinski definition) is 7. The van der Waals surface area contributed by atoms with Gasteiger partial charge >= 0.3 is 0 Å². The van der Waals surface area contributed by atoms with Gasteiger partial charge in [-0.1, -0.05) is 23.7 Å². The molecule has 0 radical (unpaired) electrons. The zero-order valence-corrected chi connectivity index (χ0v) is 18.7. The minimum absolute atomic E-state index is 0.0352. The molecule has 164 valence electrons. The van der Waals surface area contributed by atoms with E-state index in [9.17, 15) is 9.32 Å². The van der Waals surface area contributed by atoms with E-state index >= 15 is 0 Å². The normalized spacial score (nSPS) is 25.2. The van der Waals surface area contributed by atoms with E-state index in [2.05, 4.69) is 27.3 Å². The van der Waals surface area contributed by atoms with Crippen LogP contribution in [0.5, 0.6) is 5.88 Å². The molecule has 6 rings (SSSR count). The molecule has 0 bridgehead atoms. The number of benzene rings is 1. The summed E-state index contributed by atoms with van der Waals surface area (Å²) < 4.78 is 18.1. The van der Waals surface area contributed by atoms with Gasteiger partial charge in [-0.2, -0.15) is 9.97 Å². The Balaban J connectivity index is 1.18. The number of fused-ring (bicyclic) bond motifs is 1. The zero-order valence-electron chi connectivity index (χ0n) is 17.1. The van der Waals surface area contributed by atoms with Gasteiger partial charge in [0.05, 0.1) is 12.1 Å². The third-order valence-electron chi connectivity index (χ3n) is 7.39.